The molecule has 2 unspecified atom stereocenters. The molecule has 0 saturated carbocycles. The number of halogens is 2. The lowest BCUT2D eigenvalue weighted by Crippen LogP contribution is -2.50. The quantitative estimate of drug-likeness (QED) is 0.198. The van der Waals surface area contributed by atoms with Gasteiger partial charge in [-0.05, 0) is 92.0 Å². The van der Waals surface area contributed by atoms with Crippen molar-refractivity contribution in [2.45, 2.75) is 52.2 Å². The van der Waals surface area contributed by atoms with Gasteiger partial charge in [0, 0.05) is 36.7 Å². The Hall–Kier alpha value is -3.97. The first-order chi connectivity index (χ1) is 20.0. The van der Waals surface area contributed by atoms with Crippen molar-refractivity contribution >= 4 is 17.5 Å². The number of hydrogen-bond acceptors (Lipinski definition) is 4. The molecule has 7 heteroatoms. The molecule has 5 nitrogen and oxygen atoms in total. The zero-order chi connectivity index (χ0) is 30.4. The van der Waals surface area contributed by atoms with Crippen LogP contribution in [-0.2, 0) is 17.8 Å². The maximum Gasteiger partial charge on any atom is 0.228 e. The molecule has 1 fully saturated rings. The van der Waals surface area contributed by atoms with Gasteiger partial charge >= 0.3 is 0 Å². The van der Waals surface area contributed by atoms with Crippen LogP contribution in [0.3, 0.4) is 0 Å². The van der Waals surface area contributed by atoms with Gasteiger partial charge in [-0.2, -0.15) is 0 Å². The molecule has 4 rings (SSSR count). The Bertz CT molecular complexity index is 1430. The Morgan fingerprint density at radius 2 is 1.69 bits per heavy atom. The largest absolute Gasteiger partial charge is 0.392 e. The van der Waals surface area contributed by atoms with Crippen LogP contribution in [0.1, 0.15) is 63.6 Å². The second kappa shape index (κ2) is 13.8. The Morgan fingerprint density at radius 1 is 1.02 bits per heavy atom. The Kier molecular flexibility index (Phi) is 10.2. The normalized spacial score (nSPS) is 18.4. The fourth-order valence-corrected chi connectivity index (χ4v) is 5.99. The molecule has 0 spiro atoms. The van der Waals surface area contributed by atoms with Crippen molar-refractivity contribution < 1.29 is 28.3 Å². The minimum absolute atomic E-state index is 0.0123. The summed E-state index contributed by atoms with van der Waals surface area (Å²) in [6.45, 7) is 7.95. The smallest absolute Gasteiger partial charge is 0.228 e. The molecular weight excluding hydrogens is 536 g/mol. The van der Waals surface area contributed by atoms with Gasteiger partial charge in [0.25, 0.3) is 0 Å². The molecule has 0 radical (unpaired) electrons. The SMILES string of the molecule is C=CC[C@@H]1CC([C@@H](O)C(CC(=O)c2cc(C)cc(C(C)=O)c2)Cc2cc(F)cc(F)c2)C(=O)N(Cc2ccccc2)C1. The molecule has 0 bridgehead atoms. The number of allylic oxidation sites excluding steroid dienone is 1. The van der Waals surface area contributed by atoms with Crippen LogP contribution in [0.25, 0.3) is 0 Å². The molecular formula is C35H37F2NO4. The minimum atomic E-state index is -1.25. The molecule has 0 aromatic heterocycles. The molecule has 1 amide bonds. The highest BCUT2D eigenvalue weighted by molar-refractivity contribution is 6.01. The summed E-state index contributed by atoms with van der Waals surface area (Å²) in [5.74, 6) is -3.81. The highest BCUT2D eigenvalue weighted by atomic mass is 19.1. The van der Waals surface area contributed by atoms with Gasteiger partial charge in [0.15, 0.2) is 11.6 Å². The number of carbonyl (C=O) groups excluding carboxylic acids is 3. The first-order valence-corrected chi connectivity index (χ1v) is 14.3. The van der Waals surface area contributed by atoms with Crippen molar-refractivity contribution in [2.75, 3.05) is 6.54 Å². The van der Waals surface area contributed by atoms with Gasteiger partial charge in [0.2, 0.25) is 5.91 Å². The number of carbonyl (C=O) groups is 3. The second-order valence-electron chi connectivity index (χ2n) is 11.4. The van der Waals surface area contributed by atoms with E-state index in [1.54, 1.807) is 30.0 Å². The molecule has 220 valence electrons. The summed E-state index contributed by atoms with van der Waals surface area (Å²) in [7, 11) is 0. The Labute approximate surface area is 245 Å². The summed E-state index contributed by atoms with van der Waals surface area (Å²) in [4.78, 5) is 41.1. The van der Waals surface area contributed by atoms with Gasteiger partial charge in [0.05, 0.1) is 12.0 Å². The van der Waals surface area contributed by atoms with E-state index in [9.17, 15) is 28.3 Å². The van der Waals surface area contributed by atoms with Gasteiger partial charge in [0.1, 0.15) is 11.6 Å². The molecule has 3 aromatic carbocycles. The van der Waals surface area contributed by atoms with Crippen LogP contribution in [-0.4, -0.2) is 40.1 Å². The highest BCUT2D eigenvalue weighted by Crippen LogP contribution is 2.34. The maximum absolute atomic E-state index is 14.1. The number of benzene rings is 3. The lowest BCUT2D eigenvalue weighted by Gasteiger charge is -2.41. The summed E-state index contributed by atoms with van der Waals surface area (Å²) in [6, 6.07) is 17.6. The van der Waals surface area contributed by atoms with Crippen LogP contribution in [0.4, 0.5) is 8.78 Å². The fraction of sp³-hybridized carbons (Fsp3) is 0.343. The molecule has 1 N–H and O–H groups in total. The molecule has 1 aliphatic heterocycles. The lowest BCUT2D eigenvalue weighted by molar-refractivity contribution is -0.147. The number of rotatable bonds is 12. The van der Waals surface area contributed by atoms with E-state index in [4.69, 9.17) is 0 Å². The van der Waals surface area contributed by atoms with Gasteiger partial charge in [-0.1, -0.05) is 36.4 Å². The predicted octanol–water partition coefficient (Wildman–Crippen LogP) is 6.51. The van der Waals surface area contributed by atoms with Crippen LogP contribution in [0.5, 0.6) is 0 Å². The molecule has 1 saturated heterocycles. The van der Waals surface area contributed by atoms with Gasteiger partial charge in [-0.15, -0.1) is 6.58 Å². The predicted molar refractivity (Wildman–Crippen MR) is 158 cm³/mol. The highest BCUT2D eigenvalue weighted by Gasteiger charge is 2.41. The lowest BCUT2D eigenvalue weighted by atomic mass is 9.76. The molecule has 0 aliphatic carbocycles. The molecule has 42 heavy (non-hydrogen) atoms. The standard InChI is InChI=1S/C35H37F2NO4/c1-4-8-25-16-32(35(42)38(21-25)20-24-9-6-5-7-10-24)34(41)29(13-26-14-30(36)19-31(37)15-26)18-33(40)28-12-22(2)11-27(17-28)23(3)39/h4-7,9-12,14-15,17,19,25,29,32,34,41H,1,8,13,16,18,20-21H2,2-3H3/t25-,29?,32?,34+/m1/s1. The third kappa shape index (κ3) is 7.85. The van der Waals surface area contributed by atoms with Gasteiger partial charge in [-0.3, -0.25) is 14.4 Å². The van der Waals surface area contributed by atoms with Crippen LogP contribution in [0, 0.1) is 36.3 Å². The van der Waals surface area contributed by atoms with Gasteiger partial charge < -0.3 is 10.0 Å². The van der Waals surface area contributed by atoms with E-state index in [2.05, 4.69) is 6.58 Å². The van der Waals surface area contributed by atoms with Crippen molar-refractivity contribution in [3.63, 3.8) is 0 Å². The summed E-state index contributed by atoms with van der Waals surface area (Å²) in [6.07, 6.45) is 1.41. The maximum atomic E-state index is 14.1. The van der Waals surface area contributed by atoms with E-state index in [-0.39, 0.29) is 41.8 Å². The number of ketones is 2. The molecule has 4 atom stereocenters. The van der Waals surface area contributed by atoms with Crippen molar-refractivity contribution in [1.82, 2.24) is 4.90 Å². The fourth-order valence-electron chi connectivity index (χ4n) is 5.99. The van der Waals surface area contributed by atoms with Crippen LogP contribution in [0.2, 0.25) is 0 Å². The number of piperidine rings is 1. The Balaban J connectivity index is 1.66. The Morgan fingerprint density at radius 3 is 2.33 bits per heavy atom. The average Bonchev–Trinajstić information content (AvgIpc) is 2.93. The average molecular weight is 574 g/mol. The first-order valence-electron chi connectivity index (χ1n) is 14.3. The number of aliphatic hydroxyl groups excluding tert-OH is 1. The summed E-state index contributed by atoms with van der Waals surface area (Å²) in [5, 5.41) is 11.8. The summed E-state index contributed by atoms with van der Waals surface area (Å²) < 4.78 is 28.2. The van der Waals surface area contributed by atoms with E-state index in [0.29, 0.717) is 37.1 Å². The van der Waals surface area contributed by atoms with Gasteiger partial charge in [-0.25, -0.2) is 8.78 Å². The molecule has 1 aliphatic rings. The van der Waals surface area contributed by atoms with Crippen molar-refractivity contribution in [2.24, 2.45) is 17.8 Å². The zero-order valence-electron chi connectivity index (χ0n) is 24.1. The van der Waals surface area contributed by atoms with Crippen LogP contribution < -0.4 is 0 Å². The zero-order valence-corrected chi connectivity index (χ0v) is 24.1. The number of aryl methyl sites for hydroxylation is 1. The van der Waals surface area contributed by atoms with E-state index in [1.165, 1.54) is 25.1 Å². The van der Waals surface area contributed by atoms with E-state index in [1.807, 2.05) is 30.3 Å². The van der Waals surface area contributed by atoms with Crippen molar-refractivity contribution in [3.8, 4) is 0 Å². The van der Waals surface area contributed by atoms with Crippen LogP contribution in [0.15, 0.2) is 79.4 Å². The number of amides is 1. The molecule has 1 heterocycles. The number of likely N-dealkylation sites (tertiary alicyclic amines) is 1. The third-order valence-corrected chi connectivity index (χ3v) is 7.98. The van der Waals surface area contributed by atoms with Crippen molar-refractivity contribution in [1.29, 1.82) is 0 Å². The monoisotopic (exact) mass is 573 g/mol. The van der Waals surface area contributed by atoms with Crippen LogP contribution >= 0.6 is 0 Å². The first kappa shape index (κ1) is 31.0. The number of nitrogens with zero attached hydrogens (tertiary/aromatic N) is 1. The van der Waals surface area contributed by atoms with E-state index in [0.717, 1.165) is 17.2 Å². The summed E-state index contributed by atoms with van der Waals surface area (Å²) >= 11 is 0. The number of Topliss-reactive ketones (excluding diaryl/α,β-unsaturated/α-hetero) is 2. The molecule has 3 aromatic rings. The minimum Gasteiger partial charge on any atom is -0.392 e. The summed E-state index contributed by atoms with van der Waals surface area (Å²) in [5.41, 5.74) is 2.69. The van der Waals surface area contributed by atoms with Crippen molar-refractivity contribution in [3.05, 3.63) is 119 Å². The number of aliphatic hydroxyl groups is 1. The topological polar surface area (TPSA) is 74.7 Å². The second-order valence-corrected chi connectivity index (χ2v) is 11.4. The van der Waals surface area contributed by atoms with E-state index < -0.39 is 29.6 Å². The third-order valence-electron chi connectivity index (χ3n) is 7.98. The van der Waals surface area contributed by atoms with E-state index >= 15 is 0 Å². The number of hydrogen-bond donors (Lipinski definition) is 1.